The summed E-state index contributed by atoms with van der Waals surface area (Å²) in [6, 6.07) is 0. The Labute approximate surface area is 99.7 Å². The highest BCUT2D eigenvalue weighted by Gasteiger charge is 2.07. The molecule has 0 aliphatic rings. The van der Waals surface area contributed by atoms with Gasteiger partial charge in [0.15, 0.2) is 0 Å². The maximum absolute atomic E-state index is 8.88. The van der Waals surface area contributed by atoms with Crippen LogP contribution in [0.3, 0.4) is 0 Å². The summed E-state index contributed by atoms with van der Waals surface area (Å²) in [7, 11) is 3.65. The molecule has 1 aromatic rings. The minimum Gasteiger partial charge on any atom is -0.396 e. The van der Waals surface area contributed by atoms with Gasteiger partial charge in [-0.3, -0.25) is 0 Å². The molecule has 0 bridgehead atoms. The van der Waals surface area contributed by atoms with Crippen LogP contribution in [0.15, 0.2) is 0 Å². The molecule has 0 saturated heterocycles. The van der Waals surface area contributed by atoms with Crippen LogP contribution >= 0.6 is 11.6 Å². The lowest BCUT2D eigenvalue weighted by Gasteiger charge is -2.13. The minimum atomic E-state index is 0.117. The summed E-state index contributed by atoms with van der Waals surface area (Å²) in [6.07, 6.45) is 0. The third-order valence-electron chi connectivity index (χ3n) is 1.92. The molecular formula is C9H16ClN5O. The van der Waals surface area contributed by atoms with Crippen LogP contribution in [0.1, 0.15) is 6.92 Å². The zero-order valence-corrected chi connectivity index (χ0v) is 10.4. The minimum absolute atomic E-state index is 0.117. The van der Waals surface area contributed by atoms with Gasteiger partial charge in [-0.1, -0.05) is 6.92 Å². The molecule has 1 aromatic heterocycles. The maximum atomic E-state index is 8.88. The molecule has 1 unspecified atom stereocenters. The number of rotatable bonds is 5. The van der Waals surface area contributed by atoms with Crippen LogP contribution in [0.2, 0.25) is 5.28 Å². The number of aliphatic hydroxyl groups excluding tert-OH is 1. The Morgan fingerprint density at radius 3 is 2.62 bits per heavy atom. The Hall–Kier alpha value is -1.14. The van der Waals surface area contributed by atoms with E-state index in [9.17, 15) is 0 Å². The van der Waals surface area contributed by atoms with Gasteiger partial charge in [-0.25, -0.2) is 0 Å². The largest absolute Gasteiger partial charge is 0.396 e. The maximum Gasteiger partial charge on any atom is 0.230 e. The summed E-state index contributed by atoms with van der Waals surface area (Å²) >= 11 is 5.76. The Bertz CT molecular complexity index is 347. The molecule has 0 aliphatic heterocycles. The van der Waals surface area contributed by atoms with Crippen molar-refractivity contribution >= 4 is 23.5 Å². The molecular weight excluding hydrogens is 230 g/mol. The lowest BCUT2D eigenvalue weighted by Crippen LogP contribution is -2.18. The average Bonchev–Trinajstić information content (AvgIpc) is 2.25. The first kappa shape index (κ1) is 12.9. The predicted octanol–water partition coefficient (Wildman–Crippen LogP) is 0.631. The third kappa shape index (κ3) is 3.79. The zero-order chi connectivity index (χ0) is 12.1. The number of aromatic nitrogens is 3. The molecule has 90 valence electrons. The summed E-state index contributed by atoms with van der Waals surface area (Å²) in [5.41, 5.74) is 0. The van der Waals surface area contributed by atoms with Crippen molar-refractivity contribution in [1.29, 1.82) is 0 Å². The first-order valence-corrected chi connectivity index (χ1v) is 5.34. The van der Waals surface area contributed by atoms with Crippen LogP contribution in [-0.2, 0) is 0 Å². The number of hydrogen-bond donors (Lipinski definition) is 2. The van der Waals surface area contributed by atoms with Gasteiger partial charge in [0.25, 0.3) is 0 Å². The summed E-state index contributed by atoms with van der Waals surface area (Å²) in [5.74, 6) is 1.06. The molecule has 0 aliphatic carbocycles. The van der Waals surface area contributed by atoms with Gasteiger partial charge in [0, 0.05) is 27.2 Å². The van der Waals surface area contributed by atoms with Gasteiger partial charge in [0.05, 0.1) is 0 Å². The smallest absolute Gasteiger partial charge is 0.230 e. The van der Waals surface area contributed by atoms with Crippen LogP contribution < -0.4 is 10.2 Å². The molecule has 1 rings (SSSR count). The van der Waals surface area contributed by atoms with E-state index in [4.69, 9.17) is 16.7 Å². The van der Waals surface area contributed by atoms with Crippen molar-refractivity contribution in [2.75, 3.05) is 37.5 Å². The van der Waals surface area contributed by atoms with Crippen molar-refractivity contribution in [2.24, 2.45) is 5.92 Å². The van der Waals surface area contributed by atoms with E-state index in [1.165, 1.54) is 0 Å². The van der Waals surface area contributed by atoms with Gasteiger partial charge in [0.2, 0.25) is 17.2 Å². The van der Waals surface area contributed by atoms with Crippen LogP contribution in [0.4, 0.5) is 11.9 Å². The normalized spacial score (nSPS) is 12.3. The monoisotopic (exact) mass is 245 g/mol. The molecule has 2 N–H and O–H groups in total. The zero-order valence-electron chi connectivity index (χ0n) is 9.61. The Balaban J connectivity index is 2.72. The van der Waals surface area contributed by atoms with E-state index in [-0.39, 0.29) is 17.8 Å². The Kier molecular flexibility index (Phi) is 4.70. The summed E-state index contributed by atoms with van der Waals surface area (Å²) < 4.78 is 0. The highest BCUT2D eigenvalue weighted by molar-refractivity contribution is 6.28. The molecule has 0 amide bonds. The van der Waals surface area contributed by atoms with E-state index in [1.807, 2.05) is 21.0 Å². The second-order valence-electron chi connectivity index (χ2n) is 3.79. The van der Waals surface area contributed by atoms with E-state index in [0.717, 1.165) is 0 Å². The third-order valence-corrected chi connectivity index (χ3v) is 2.09. The molecule has 0 radical (unpaired) electrons. The van der Waals surface area contributed by atoms with Crippen LogP contribution in [-0.4, -0.2) is 47.3 Å². The average molecular weight is 246 g/mol. The number of aliphatic hydroxyl groups is 1. The van der Waals surface area contributed by atoms with Crippen molar-refractivity contribution < 1.29 is 5.11 Å². The molecule has 1 atom stereocenters. The molecule has 6 nitrogen and oxygen atoms in total. The fourth-order valence-electron chi connectivity index (χ4n) is 0.949. The van der Waals surface area contributed by atoms with E-state index in [2.05, 4.69) is 20.3 Å². The lowest BCUT2D eigenvalue weighted by atomic mass is 10.2. The van der Waals surface area contributed by atoms with Crippen LogP contribution in [0.25, 0.3) is 0 Å². The van der Waals surface area contributed by atoms with Gasteiger partial charge in [0.1, 0.15) is 0 Å². The van der Waals surface area contributed by atoms with E-state index < -0.39 is 0 Å². The van der Waals surface area contributed by atoms with Gasteiger partial charge in [-0.15, -0.1) is 0 Å². The Morgan fingerprint density at radius 2 is 2.06 bits per heavy atom. The van der Waals surface area contributed by atoms with E-state index >= 15 is 0 Å². The molecule has 7 heteroatoms. The van der Waals surface area contributed by atoms with Gasteiger partial charge >= 0.3 is 0 Å². The molecule has 0 spiro atoms. The number of nitrogens with zero attached hydrogens (tertiary/aromatic N) is 4. The molecule has 0 aromatic carbocycles. The fraction of sp³-hybridized carbons (Fsp3) is 0.667. The van der Waals surface area contributed by atoms with Crippen molar-refractivity contribution in [3.05, 3.63) is 5.28 Å². The topological polar surface area (TPSA) is 74.2 Å². The molecule has 1 heterocycles. The van der Waals surface area contributed by atoms with Gasteiger partial charge in [-0.2, -0.15) is 15.0 Å². The molecule has 0 saturated carbocycles. The number of nitrogens with one attached hydrogen (secondary N) is 1. The second kappa shape index (κ2) is 5.81. The summed E-state index contributed by atoms with van der Waals surface area (Å²) in [5, 5.41) is 12.0. The summed E-state index contributed by atoms with van der Waals surface area (Å²) in [4.78, 5) is 13.8. The van der Waals surface area contributed by atoms with Gasteiger partial charge < -0.3 is 15.3 Å². The van der Waals surface area contributed by atoms with E-state index in [1.54, 1.807) is 4.90 Å². The summed E-state index contributed by atoms with van der Waals surface area (Å²) in [6.45, 7) is 2.62. The highest BCUT2D eigenvalue weighted by Crippen LogP contribution is 2.11. The van der Waals surface area contributed by atoms with Crippen LogP contribution in [0.5, 0.6) is 0 Å². The molecule has 16 heavy (non-hydrogen) atoms. The standard InChI is InChI=1S/C9H16ClN5O/c1-6(5-16)4-11-8-12-7(10)13-9(14-8)15(2)3/h6,16H,4-5H2,1-3H3,(H,11,12,13,14). The van der Waals surface area contributed by atoms with Crippen molar-refractivity contribution in [3.8, 4) is 0 Å². The second-order valence-corrected chi connectivity index (χ2v) is 4.13. The van der Waals surface area contributed by atoms with Crippen molar-refractivity contribution in [1.82, 2.24) is 15.0 Å². The number of halogens is 1. The quantitative estimate of drug-likeness (QED) is 0.793. The first-order chi connectivity index (χ1) is 7.52. The number of hydrogen-bond acceptors (Lipinski definition) is 6. The van der Waals surface area contributed by atoms with E-state index in [0.29, 0.717) is 18.4 Å². The lowest BCUT2D eigenvalue weighted by molar-refractivity contribution is 0.244. The first-order valence-electron chi connectivity index (χ1n) is 4.96. The molecule has 0 fully saturated rings. The fourth-order valence-corrected chi connectivity index (χ4v) is 1.10. The SMILES string of the molecule is CC(CO)CNc1nc(Cl)nc(N(C)C)n1. The number of anilines is 2. The van der Waals surface area contributed by atoms with Crippen LogP contribution in [0, 0.1) is 5.92 Å². The van der Waals surface area contributed by atoms with Crippen molar-refractivity contribution in [3.63, 3.8) is 0 Å². The Morgan fingerprint density at radius 1 is 1.38 bits per heavy atom. The van der Waals surface area contributed by atoms with Gasteiger partial charge in [-0.05, 0) is 17.5 Å². The van der Waals surface area contributed by atoms with Crippen molar-refractivity contribution in [2.45, 2.75) is 6.92 Å². The highest BCUT2D eigenvalue weighted by atomic mass is 35.5. The predicted molar refractivity (Wildman–Crippen MR) is 63.9 cm³/mol.